The molecule has 3 aromatic carbocycles. The first-order valence-electron chi connectivity index (χ1n) is 13.4. The summed E-state index contributed by atoms with van der Waals surface area (Å²) in [5.74, 6) is -2.51. The Morgan fingerprint density at radius 1 is 1.00 bits per heavy atom. The van der Waals surface area contributed by atoms with Gasteiger partial charge in [-0.05, 0) is 48.4 Å². The van der Waals surface area contributed by atoms with Crippen LogP contribution in [0, 0.1) is 22.0 Å². The van der Waals surface area contributed by atoms with Crippen LogP contribution in [-0.4, -0.2) is 39.0 Å². The van der Waals surface area contributed by atoms with E-state index < -0.39 is 48.4 Å². The summed E-state index contributed by atoms with van der Waals surface area (Å²) in [6.45, 7) is 3.19. The summed E-state index contributed by atoms with van der Waals surface area (Å²) in [7, 11) is -4.39. The molecular weight excluding hydrogens is 563 g/mol. The summed E-state index contributed by atoms with van der Waals surface area (Å²) in [6, 6.07) is 21.5. The van der Waals surface area contributed by atoms with Gasteiger partial charge in [-0.1, -0.05) is 50.2 Å². The van der Waals surface area contributed by atoms with Crippen LogP contribution in [0.3, 0.4) is 0 Å². The highest BCUT2D eigenvalue weighted by Crippen LogP contribution is 2.65. The molecule has 0 aliphatic carbocycles. The van der Waals surface area contributed by atoms with Gasteiger partial charge in [0.15, 0.2) is 0 Å². The third kappa shape index (κ3) is 5.41. The third-order valence-corrected chi connectivity index (χ3v) is 9.50. The van der Waals surface area contributed by atoms with Gasteiger partial charge in [-0.2, -0.15) is 0 Å². The number of para-hydroxylation sites is 2. The van der Waals surface area contributed by atoms with Crippen LogP contribution in [0.5, 0.6) is 11.5 Å². The standard InChI is InChI=1S/C30H29N2O9P/c1-3-24(33)25-26-19(2)28(42(38,40-22-10-6-4-7-11-22)41-23-12-8-5-9-13-23)27(31(26)29(25)34)30(35)39-18-20-14-16-21(17-15-20)32(36)37/h4-17,19,24-26,33H,3,18H2,1-2H3/t19-,24?,25-,26-/m1/s1. The number of nitrogens with zero attached hydrogens (tertiary/aromatic N) is 2. The van der Waals surface area contributed by atoms with Crippen LogP contribution in [-0.2, 0) is 25.5 Å². The van der Waals surface area contributed by atoms with Crippen LogP contribution in [0.25, 0.3) is 0 Å². The highest BCUT2D eigenvalue weighted by molar-refractivity contribution is 7.59. The zero-order valence-corrected chi connectivity index (χ0v) is 23.8. The van der Waals surface area contributed by atoms with Crippen LogP contribution < -0.4 is 9.05 Å². The molecular formula is C30H29N2O9P. The Hall–Kier alpha value is -4.47. The number of benzene rings is 3. The number of nitro groups is 1. The molecule has 42 heavy (non-hydrogen) atoms. The van der Waals surface area contributed by atoms with E-state index in [0.717, 1.165) is 0 Å². The Morgan fingerprint density at radius 2 is 1.55 bits per heavy atom. The fourth-order valence-electron chi connectivity index (χ4n) is 5.34. The van der Waals surface area contributed by atoms with Crippen molar-refractivity contribution in [1.82, 2.24) is 4.90 Å². The largest absolute Gasteiger partial charge is 0.461 e. The summed E-state index contributed by atoms with van der Waals surface area (Å²) in [5, 5.41) is 21.6. The Balaban J connectivity index is 1.56. The molecule has 2 heterocycles. The van der Waals surface area contributed by atoms with E-state index in [0.29, 0.717) is 12.0 Å². The number of β-lactam (4-membered cyclic amide) rings is 1. The summed E-state index contributed by atoms with van der Waals surface area (Å²) >= 11 is 0. The van der Waals surface area contributed by atoms with Crippen molar-refractivity contribution in [2.24, 2.45) is 11.8 Å². The highest BCUT2D eigenvalue weighted by Gasteiger charge is 2.64. The molecule has 12 heteroatoms. The fraction of sp³-hybridized carbons (Fsp3) is 0.267. The maximum atomic E-state index is 14.9. The predicted octanol–water partition coefficient (Wildman–Crippen LogP) is 5.45. The SMILES string of the molecule is CCC(O)[C@H]1C(=O)N2C(C(=O)OCc3ccc([N+](=O)[O-])cc3)=C(P(=O)(Oc3ccccc3)Oc3ccccc3)[C@H](C)[C@H]12. The molecule has 11 nitrogen and oxygen atoms in total. The van der Waals surface area contributed by atoms with Gasteiger partial charge in [0.25, 0.3) is 5.69 Å². The van der Waals surface area contributed by atoms with E-state index in [9.17, 15) is 29.4 Å². The van der Waals surface area contributed by atoms with Gasteiger partial charge >= 0.3 is 13.6 Å². The molecule has 0 aromatic heterocycles. The minimum atomic E-state index is -4.39. The normalized spacial score (nSPS) is 20.4. The maximum Gasteiger partial charge on any atom is 0.461 e. The molecule has 1 fully saturated rings. The van der Waals surface area contributed by atoms with Gasteiger partial charge in [-0.25, -0.2) is 9.36 Å². The number of fused-ring (bicyclic) bond motifs is 1. The summed E-state index contributed by atoms with van der Waals surface area (Å²) in [5.41, 5.74) is 0.0950. The molecule has 0 radical (unpaired) electrons. The van der Waals surface area contributed by atoms with Crippen LogP contribution >= 0.6 is 7.60 Å². The molecule has 1 saturated heterocycles. The lowest BCUT2D eigenvalue weighted by molar-refractivity contribution is -0.384. The van der Waals surface area contributed by atoms with Crippen molar-refractivity contribution in [3.8, 4) is 11.5 Å². The molecule has 0 saturated carbocycles. The number of esters is 1. The van der Waals surface area contributed by atoms with Gasteiger partial charge in [-0.15, -0.1) is 0 Å². The number of ether oxygens (including phenoxy) is 1. The number of aliphatic hydroxyl groups excluding tert-OH is 1. The van der Waals surface area contributed by atoms with E-state index in [2.05, 4.69) is 0 Å². The van der Waals surface area contributed by atoms with E-state index in [1.165, 1.54) is 29.2 Å². The minimum Gasteiger partial charge on any atom is -0.456 e. The average molecular weight is 593 g/mol. The maximum absolute atomic E-state index is 14.9. The van der Waals surface area contributed by atoms with E-state index in [1.807, 2.05) is 0 Å². The Morgan fingerprint density at radius 3 is 2.05 bits per heavy atom. The molecule has 5 rings (SSSR count). The van der Waals surface area contributed by atoms with E-state index in [-0.39, 0.29) is 34.8 Å². The molecule has 0 bridgehead atoms. The van der Waals surface area contributed by atoms with Crippen LogP contribution in [0.1, 0.15) is 25.8 Å². The predicted molar refractivity (Wildman–Crippen MR) is 151 cm³/mol. The van der Waals surface area contributed by atoms with Crippen molar-refractivity contribution in [3.05, 3.63) is 112 Å². The molecule has 3 aromatic rings. The molecule has 1 unspecified atom stereocenters. The van der Waals surface area contributed by atoms with Crippen molar-refractivity contribution in [3.63, 3.8) is 0 Å². The Kier molecular flexibility index (Phi) is 8.15. The second kappa shape index (κ2) is 11.8. The lowest BCUT2D eigenvalue weighted by Crippen LogP contribution is -2.64. The van der Waals surface area contributed by atoms with Crippen molar-refractivity contribution in [2.45, 2.75) is 39.0 Å². The molecule has 2 aliphatic rings. The van der Waals surface area contributed by atoms with Crippen LogP contribution in [0.15, 0.2) is 95.9 Å². The van der Waals surface area contributed by atoms with Crippen molar-refractivity contribution >= 4 is 25.2 Å². The summed E-state index contributed by atoms with van der Waals surface area (Å²) in [6.07, 6.45) is -0.663. The second-order valence-electron chi connectivity index (χ2n) is 10.0. The van der Waals surface area contributed by atoms with Gasteiger partial charge in [0.1, 0.15) is 29.1 Å². The first kappa shape index (κ1) is 29.0. The monoisotopic (exact) mass is 592 g/mol. The number of rotatable bonds is 11. The van der Waals surface area contributed by atoms with E-state index in [4.69, 9.17) is 13.8 Å². The van der Waals surface area contributed by atoms with E-state index in [1.54, 1.807) is 74.5 Å². The minimum absolute atomic E-state index is 0.0342. The number of nitro benzene ring substituents is 1. The number of aliphatic hydroxyl groups is 1. The average Bonchev–Trinajstić information content (AvgIpc) is 3.26. The topological polar surface area (TPSA) is 146 Å². The number of carbonyl (C=O) groups excluding carboxylic acids is 2. The number of amides is 1. The summed E-state index contributed by atoms with van der Waals surface area (Å²) < 4.78 is 32.5. The molecule has 2 aliphatic heterocycles. The van der Waals surface area contributed by atoms with Gasteiger partial charge in [0, 0.05) is 18.1 Å². The quantitative estimate of drug-likeness (QED) is 0.101. The van der Waals surface area contributed by atoms with Crippen LogP contribution in [0.2, 0.25) is 0 Å². The molecule has 1 amide bonds. The zero-order valence-electron chi connectivity index (χ0n) is 22.9. The molecule has 4 atom stereocenters. The van der Waals surface area contributed by atoms with Gasteiger partial charge < -0.3 is 23.8 Å². The summed E-state index contributed by atoms with van der Waals surface area (Å²) in [4.78, 5) is 38.7. The molecule has 0 spiro atoms. The molecule has 1 N–H and O–H groups in total. The van der Waals surface area contributed by atoms with E-state index >= 15 is 0 Å². The molecule has 218 valence electrons. The third-order valence-electron chi connectivity index (χ3n) is 7.39. The van der Waals surface area contributed by atoms with Crippen LogP contribution in [0.4, 0.5) is 5.69 Å². The number of hydrogen-bond acceptors (Lipinski definition) is 9. The highest BCUT2D eigenvalue weighted by atomic mass is 31.2. The Bertz CT molecular complexity index is 1520. The smallest absolute Gasteiger partial charge is 0.456 e. The van der Waals surface area contributed by atoms with Gasteiger partial charge in [0.2, 0.25) is 5.91 Å². The Labute approximate surface area is 242 Å². The zero-order chi connectivity index (χ0) is 30.0. The lowest BCUT2D eigenvalue weighted by Gasteiger charge is -2.47. The number of carbonyl (C=O) groups is 2. The van der Waals surface area contributed by atoms with Gasteiger partial charge in [-0.3, -0.25) is 14.9 Å². The van der Waals surface area contributed by atoms with Gasteiger partial charge in [0.05, 0.1) is 23.0 Å². The number of non-ortho nitro benzene ring substituents is 1. The van der Waals surface area contributed by atoms with Crippen molar-refractivity contribution in [1.29, 1.82) is 0 Å². The first-order valence-corrected chi connectivity index (χ1v) is 14.9. The van der Waals surface area contributed by atoms with Crippen molar-refractivity contribution < 1.29 is 38.0 Å². The lowest BCUT2D eigenvalue weighted by atomic mass is 9.78. The first-order chi connectivity index (χ1) is 20.1. The van der Waals surface area contributed by atoms with Crippen molar-refractivity contribution in [2.75, 3.05) is 0 Å². The fourth-order valence-corrected chi connectivity index (χ4v) is 7.49. The second-order valence-corrected chi connectivity index (χ2v) is 11.9. The number of hydrogen-bond donors (Lipinski definition) is 1.